The molecule has 0 heterocycles. The summed E-state index contributed by atoms with van der Waals surface area (Å²) in [5.74, 6) is 0. The van der Waals surface area contributed by atoms with E-state index in [-0.39, 0.29) is 7.12 Å². The Kier molecular flexibility index (Phi) is 8.66. The van der Waals surface area contributed by atoms with Crippen molar-refractivity contribution >= 4 is 7.12 Å². The third kappa shape index (κ3) is 7.52. The average molecular weight is 179 g/mol. The van der Waals surface area contributed by atoms with Gasteiger partial charge in [0, 0.05) is 19.6 Å². The third-order valence-electron chi connectivity index (χ3n) is 1.40. The second-order valence-corrected chi connectivity index (χ2v) is 2.52. The lowest BCUT2D eigenvalue weighted by Gasteiger charge is -2.14. The topological polar surface area (TPSA) is 36.1 Å². The van der Waals surface area contributed by atoms with Crippen molar-refractivity contribution in [1.82, 2.24) is 15.7 Å². The van der Waals surface area contributed by atoms with Crippen LogP contribution in [0.15, 0.2) is 38.0 Å². The summed E-state index contributed by atoms with van der Waals surface area (Å²) in [6.07, 6.45) is 5.45. The van der Waals surface area contributed by atoms with Gasteiger partial charge < -0.3 is 15.7 Å². The Bertz CT molecular complexity index is 130. The molecular formula is C9H18BN3. The van der Waals surface area contributed by atoms with Gasteiger partial charge in [-0.05, 0) is 0 Å². The number of nitrogens with one attached hydrogen (secondary N) is 3. The molecule has 0 rings (SSSR count). The molecule has 0 amide bonds. The van der Waals surface area contributed by atoms with Crippen molar-refractivity contribution in [2.24, 2.45) is 0 Å². The maximum atomic E-state index is 3.63. The molecule has 0 bridgehead atoms. The molecule has 0 aromatic rings. The fraction of sp³-hybridized carbons (Fsp3) is 0.333. The Balaban J connectivity index is 3.64. The summed E-state index contributed by atoms with van der Waals surface area (Å²) in [5.41, 5.74) is 0. The molecule has 0 saturated heterocycles. The molecule has 0 aliphatic heterocycles. The van der Waals surface area contributed by atoms with Gasteiger partial charge in [0.15, 0.2) is 0 Å². The molecule has 0 atom stereocenters. The molecule has 0 unspecified atom stereocenters. The zero-order chi connectivity index (χ0) is 9.94. The molecular weight excluding hydrogens is 161 g/mol. The maximum absolute atomic E-state index is 3.63. The van der Waals surface area contributed by atoms with Crippen LogP contribution in [0.1, 0.15) is 0 Å². The summed E-state index contributed by atoms with van der Waals surface area (Å²) in [7, 11) is 0.0778. The van der Waals surface area contributed by atoms with Gasteiger partial charge in [-0.3, -0.25) is 0 Å². The number of hydrogen-bond acceptors (Lipinski definition) is 3. The highest BCUT2D eigenvalue weighted by Gasteiger charge is 2.09. The first-order chi connectivity index (χ1) is 6.35. The summed E-state index contributed by atoms with van der Waals surface area (Å²) in [4.78, 5) is 0. The fourth-order valence-corrected chi connectivity index (χ4v) is 0.820. The first-order valence-corrected chi connectivity index (χ1v) is 4.38. The molecule has 0 fully saturated rings. The lowest BCUT2D eigenvalue weighted by Crippen LogP contribution is -2.58. The van der Waals surface area contributed by atoms with E-state index in [9.17, 15) is 0 Å². The van der Waals surface area contributed by atoms with Crippen LogP contribution in [0.5, 0.6) is 0 Å². The van der Waals surface area contributed by atoms with Crippen LogP contribution >= 0.6 is 0 Å². The van der Waals surface area contributed by atoms with E-state index in [1.165, 1.54) is 0 Å². The van der Waals surface area contributed by atoms with Crippen LogP contribution in [0.3, 0.4) is 0 Å². The average Bonchev–Trinajstić information content (AvgIpc) is 2.17. The predicted molar refractivity (Wildman–Crippen MR) is 60.4 cm³/mol. The molecule has 4 heteroatoms. The third-order valence-corrected chi connectivity index (χ3v) is 1.40. The molecule has 13 heavy (non-hydrogen) atoms. The maximum Gasteiger partial charge on any atom is 0.395 e. The SMILES string of the molecule is C=CCNB(NCC=C)NCC=C. The van der Waals surface area contributed by atoms with Gasteiger partial charge in [0.2, 0.25) is 0 Å². The van der Waals surface area contributed by atoms with Gasteiger partial charge in [0.25, 0.3) is 0 Å². The van der Waals surface area contributed by atoms with Crippen LogP contribution < -0.4 is 15.7 Å². The van der Waals surface area contributed by atoms with E-state index in [0.29, 0.717) is 0 Å². The predicted octanol–water partition coefficient (Wildman–Crippen LogP) is 0.298. The van der Waals surface area contributed by atoms with E-state index in [1.54, 1.807) is 0 Å². The van der Waals surface area contributed by atoms with Crippen molar-refractivity contribution in [2.75, 3.05) is 19.6 Å². The lowest BCUT2D eigenvalue weighted by atomic mass is 9.94. The highest BCUT2D eigenvalue weighted by molar-refractivity contribution is 6.50. The monoisotopic (exact) mass is 179 g/mol. The first kappa shape index (κ1) is 12.2. The summed E-state index contributed by atoms with van der Waals surface area (Å²) < 4.78 is 0. The Labute approximate surface area is 81.1 Å². The fourth-order valence-electron chi connectivity index (χ4n) is 0.820. The zero-order valence-electron chi connectivity index (χ0n) is 8.05. The van der Waals surface area contributed by atoms with Crippen molar-refractivity contribution < 1.29 is 0 Å². The highest BCUT2D eigenvalue weighted by atomic mass is 15.1. The summed E-state index contributed by atoms with van der Waals surface area (Å²) in [6, 6.07) is 0. The molecule has 0 aliphatic carbocycles. The molecule has 0 saturated carbocycles. The van der Waals surface area contributed by atoms with E-state index in [2.05, 4.69) is 35.4 Å². The Morgan fingerprint density at radius 2 is 1.08 bits per heavy atom. The van der Waals surface area contributed by atoms with Gasteiger partial charge in [0.1, 0.15) is 0 Å². The van der Waals surface area contributed by atoms with Crippen LogP contribution in [-0.4, -0.2) is 26.8 Å². The van der Waals surface area contributed by atoms with E-state index in [0.717, 1.165) is 19.6 Å². The van der Waals surface area contributed by atoms with Crippen LogP contribution in [0, 0.1) is 0 Å². The van der Waals surface area contributed by atoms with Crippen LogP contribution in [0.2, 0.25) is 0 Å². The van der Waals surface area contributed by atoms with Gasteiger partial charge in [0.05, 0.1) is 0 Å². The molecule has 0 aromatic carbocycles. The van der Waals surface area contributed by atoms with Crippen molar-refractivity contribution in [3.8, 4) is 0 Å². The normalized spacial score (nSPS) is 9.23. The zero-order valence-corrected chi connectivity index (χ0v) is 8.05. The van der Waals surface area contributed by atoms with Gasteiger partial charge in [-0.2, -0.15) is 0 Å². The van der Waals surface area contributed by atoms with Gasteiger partial charge in [-0.1, -0.05) is 18.2 Å². The second-order valence-electron chi connectivity index (χ2n) is 2.52. The quantitative estimate of drug-likeness (QED) is 0.352. The molecule has 0 spiro atoms. The second kappa shape index (κ2) is 9.25. The largest absolute Gasteiger partial charge is 0.395 e. The van der Waals surface area contributed by atoms with E-state index in [4.69, 9.17) is 0 Å². The number of rotatable bonds is 9. The molecule has 72 valence electrons. The molecule has 0 radical (unpaired) electrons. The van der Waals surface area contributed by atoms with Crippen LogP contribution in [0.25, 0.3) is 0 Å². The minimum atomic E-state index is 0.0778. The molecule has 3 N–H and O–H groups in total. The van der Waals surface area contributed by atoms with Gasteiger partial charge in [-0.15, -0.1) is 19.7 Å². The Hall–Kier alpha value is -0.835. The van der Waals surface area contributed by atoms with E-state index < -0.39 is 0 Å². The minimum Gasteiger partial charge on any atom is -0.324 e. The highest BCUT2D eigenvalue weighted by Crippen LogP contribution is 1.69. The minimum absolute atomic E-state index is 0.0778. The summed E-state index contributed by atoms with van der Waals surface area (Å²) in [6.45, 7) is 13.2. The number of hydrogen-bond donors (Lipinski definition) is 3. The van der Waals surface area contributed by atoms with Crippen molar-refractivity contribution in [2.45, 2.75) is 0 Å². The standard InChI is InChI=1S/C9H18BN3/c1-4-7-11-10(12-8-5-2)13-9-6-3/h4-6,11-13H,1-3,7-9H2. The lowest BCUT2D eigenvalue weighted by molar-refractivity contribution is 0.878. The van der Waals surface area contributed by atoms with Gasteiger partial charge in [-0.25, -0.2) is 0 Å². The Morgan fingerprint density at radius 1 is 0.769 bits per heavy atom. The summed E-state index contributed by atoms with van der Waals surface area (Å²) >= 11 is 0. The van der Waals surface area contributed by atoms with Crippen molar-refractivity contribution in [1.29, 1.82) is 0 Å². The molecule has 0 aromatic heterocycles. The van der Waals surface area contributed by atoms with Crippen molar-refractivity contribution in [3.63, 3.8) is 0 Å². The van der Waals surface area contributed by atoms with E-state index >= 15 is 0 Å². The van der Waals surface area contributed by atoms with Crippen molar-refractivity contribution in [3.05, 3.63) is 38.0 Å². The van der Waals surface area contributed by atoms with Crippen LogP contribution in [-0.2, 0) is 0 Å². The molecule has 3 nitrogen and oxygen atoms in total. The first-order valence-electron chi connectivity index (χ1n) is 4.38. The molecule has 0 aliphatic rings. The van der Waals surface area contributed by atoms with E-state index in [1.807, 2.05) is 18.2 Å². The van der Waals surface area contributed by atoms with Gasteiger partial charge >= 0.3 is 7.12 Å². The summed E-state index contributed by atoms with van der Waals surface area (Å²) in [5, 5.41) is 9.61. The Morgan fingerprint density at radius 3 is 1.31 bits per heavy atom. The smallest absolute Gasteiger partial charge is 0.324 e. The van der Waals surface area contributed by atoms with Crippen LogP contribution in [0.4, 0.5) is 0 Å².